The van der Waals surface area contributed by atoms with Crippen LogP contribution < -0.4 is 10.2 Å². The molecule has 6 nitrogen and oxygen atoms in total. The fourth-order valence-electron chi connectivity index (χ4n) is 1.37. The smallest absolute Gasteiger partial charge is 0.270 e. The van der Waals surface area contributed by atoms with Crippen molar-refractivity contribution in [3.63, 3.8) is 0 Å². The molecule has 0 spiro atoms. The van der Waals surface area contributed by atoms with Crippen molar-refractivity contribution in [2.24, 2.45) is 5.92 Å². The van der Waals surface area contributed by atoms with E-state index in [-0.39, 0.29) is 5.69 Å². The second-order valence-electron chi connectivity index (χ2n) is 4.28. The molecule has 0 atom stereocenters. The Morgan fingerprint density at radius 1 is 1.44 bits per heavy atom. The maximum atomic E-state index is 10.7. The van der Waals surface area contributed by atoms with E-state index in [0.29, 0.717) is 30.4 Å². The van der Waals surface area contributed by atoms with Gasteiger partial charge in [-0.25, -0.2) is 0 Å². The van der Waals surface area contributed by atoms with E-state index in [1.807, 2.05) is 13.8 Å². The summed E-state index contributed by atoms with van der Waals surface area (Å²) < 4.78 is 5.14. The van der Waals surface area contributed by atoms with Crippen molar-refractivity contribution in [1.82, 2.24) is 5.48 Å². The second-order valence-corrected chi connectivity index (χ2v) is 4.28. The molecule has 0 saturated heterocycles. The van der Waals surface area contributed by atoms with Gasteiger partial charge in [-0.15, -0.1) is 0 Å². The molecule has 1 rings (SSSR count). The lowest BCUT2D eigenvalue weighted by Gasteiger charge is -2.10. The van der Waals surface area contributed by atoms with Gasteiger partial charge in [-0.2, -0.15) is 5.48 Å². The van der Waals surface area contributed by atoms with Crippen molar-refractivity contribution in [1.29, 1.82) is 0 Å². The van der Waals surface area contributed by atoms with Crippen molar-refractivity contribution in [3.05, 3.63) is 33.9 Å². The van der Waals surface area contributed by atoms with Crippen LogP contribution in [-0.4, -0.2) is 18.6 Å². The van der Waals surface area contributed by atoms with Gasteiger partial charge in [-0.3, -0.25) is 10.1 Å². The van der Waals surface area contributed by atoms with Crippen LogP contribution in [-0.2, 0) is 11.4 Å². The molecule has 0 amide bonds. The van der Waals surface area contributed by atoms with Gasteiger partial charge in [0.05, 0.1) is 18.6 Å². The van der Waals surface area contributed by atoms with E-state index in [1.54, 1.807) is 6.07 Å². The number of benzene rings is 1. The van der Waals surface area contributed by atoms with Gasteiger partial charge in [0.2, 0.25) is 0 Å². The zero-order valence-corrected chi connectivity index (χ0v) is 10.8. The second kappa shape index (κ2) is 6.93. The number of nitro groups is 1. The van der Waals surface area contributed by atoms with Crippen LogP contribution in [0, 0.1) is 16.0 Å². The monoisotopic (exact) mass is 254 g/mol. The largest absolute Gasteiger partial charge is 0.496 e. The lowest BCUT2D eigenvalue weighted by Crippen LogP contribution is -2.17. The molecule has 1 aromatic carbocycles. The van der Waals surface area contributed by atoms with Crippen molar-refractivity contribution in [2.45, 2.75) is 20.4 Å². The van der Waals surface area contributed by atoms with E-state index in [4.69, 9.17) is 9.57 Å². The van der Waals surface area contributed by atoms with Crippen molar-refractivity contribution in [3.8, 4) is 5.75 Å². The van der Waals surface area contributed by atoms with Gasteiger partial charge >= 0.3 is 0 Å². The molecular formula is C12H18N2O4. The summed E-state index contributed by atoms with van der Waals surface area (Å²) in [5.74, 6) is 1.02. The predicted molar refractivity (Wildman–Crippen MR) is 67.3 cm³/mol. The van der Waals surface area contributed by atoms with Crippen LogP contribution in [0.1, 0.15) is 19.4 Å². The zero-order chi connectivity index (χ0) is 13.5. The first kappa shape index (κ1) is 14.4. The number of nitro benzene ring substituents is 1. The summed E-state index contributed by atoms with van der Waals surface area (Å²) >= 11 is 0. The summed E-state index contributed by atoms with van der Waals surface area (Å²) in [5.41, 5.74) is 3.50. The molecule has 0 heterocycles. The maximum Gasteiger partial charge on any atom is 0.270 e. The molecular weight excluding hydrogens is 236 g/mol. The fourth-order valence-corrected chi connectivity index (χ4v) is 1.37. The third-order valence-electron chi connectivity index (χ3n) is 2.26. The number of non-ortho nitro benzene ring substituents is 1. The normalized spacial score (nSPS) is 10.7. The molecule has 0 unspecified atom stereocenters. The van der Waals surface area contributed by atoms with Gasteiger partial charge in [0.25, 0.3) is 5.69 Å². The third-order valence-corrected chi connectivity index (χ3v) is 2.26. The predicted octanol–water partition coefficient (Wildman–Crippen LogP) is 2.28. The average molecular weight is 254 g/mol. The summed E-state index contributed by atoms with van der Waals surface area (Å²) in [4.78, 5) is 15.5. The minimum Gasteiger partial charge on any atom is -0.496 e. The summed E-state index contributed by atoms with van der Waals surface area (Å²) in [7, 11) is 1.53. The number of rotatable bonds is 7. The van der Waals surface area contributed by atoms with E-state index in [9.17, 15) is 10.1 Å². The Kier molecular flexibility index (Phi) is 5.54. The topological polar surface area (TPSA) is 73.6 Å². The third kappa shape index (κ3) is 4.31. The van der Waals surface area contributed by atoms with Gasteiger partial charge in [0.15, 0.2) is 0 Å². The zero-order valence-electron chi connectivity index (χ0n) is 10.8. The molecule has 0 aliphatic rings. The molecule has 6 heteroatoms. The van der Waals surface area contributed by atoms with Crippen LogP contribution in [0.15, 0.2) is 18.2 Å². The highest BCUT2D eigenvalue weighted by Crippen LogP contribution is 2.23. The molecule has 18 heavy (non-hydrogen) atoms. The maximum absolute atomic E-state index is 10.7. The van der Waals surface area contributed by atoms with Crippen molar-refractivity contribution >= 4 is 5.69 Å². The Bertz CT molecular complexity index is 407. The molecule has 1 N–H and O–H groups in total. The number of nitrogens with one attached hydrogen (secondary N) is 1. The van der Waals surface area contributed by atoms with Crippen LogP contribution in [0.3, 0.4) is 0 Å². The van der Waals surface area contributed by atoms with Gasteiger partial charge in [-0.1, -0.05) is 13.8 Å². The molecule has 0 fully saturated rings. The average Bonchev–Trinajstić information content (AvgIpc) is 2.34. The highest BCUT2D eigenvalue weighted by atomic mass is 16.6. The fraction of sp³-hybridized carbons (Fsp3) is 0.500. The lowest BCUT2D eigenvalue weighted by atomic mass is 10.2. The molecule has 0 aliphatic heterocycles. The van der Waals surface area contributed by atoms with Crippen LogP contribution in [0.4, 0.5) is 5.69 Å². The van der Waals surface area contributed by atoms with E-state index in [2.05, 4.69) is 5.48 Å². The standard InChI is InChI=1S/C12H18N2O4/c1-9(2)8-18-13-7-10-6-11(14(15)16)4-5-12(10)17-3/h4-6,9,13H,7-8H2,1-3H3. The van der Waals surface area contributed by atoms with Gasteiger partial charge in [-0.05, 0) is 12.0 Å². The molecule has 0 aliphatic carbocycles. The summed E-state index contributed by atoms with van der Waals surface area (Å²) in [6, 6.07) is 4.47. The Morgan fingerprint density at radius 3 is 2.72 bits per heavy atom. The number of nitrogens with zero attached hydrogens (tertiary/aromatic N) is 1. The Hall–Kier alpha value is -1.66. The molecule has 0 aromatic heterocycles. The highest BCUT2D eigenvalue weighted by molar-refractivity contribution is 5.43. The highest BCUT2D eigenvalue weighted by Gasteiger charge is 2.11. The SMILES string of the molecule is COc1ccc([N+](=O)[O-])cc1CNOCC(C)C. The molecule has 0 saturated carbocycles. The van der Waals surface area contributed by atoms with Crippen LogP contribution in [0.2, 0.25) is 0 Å². The number of hydroxylamine groups is 1. The van der Waals surface area contributed by atoms with Crippen LogP contribution in [0.25, 0.3) is 0 Å². The molecule has 1 aromatic rings. The first-order valence-corrected chi connectivity index (χ1v) is 5.70. The number of methoxy groups -OCH3 is 1. The minimum absolute atomic E-state index is 0.0384. The number of hydrogen-bond donors (Lipinski definition) is 1. The number of ether oxygens (including phenoxy) is 1. The first-order chi connectivity index (χ1) is 8.54. The molecule has 100 valence electrons. The van der Waals surface area contributed by atoms with Gasteiger partial charge < -0.3 is 9.57 Å². The van der Waals surface area contributed by atoms with Crippen LogP contribution >= 0.6 is 0 Å². The van der Waals surface area contributed by atoms with E-state index < -0.39 is 4.92 Å². The summed E-state index contributed by atoms with van der Waals surface area (Å²) in [5, 5.41) is 10.7. The minimum atomic E-state index is -0.433. The van der Waals surface area contributed by atoms with E-state index in [0.717, 1.165) is 0 Å². The van der Waals surface area contributed by atoms with Crippen molar-refractivity contribution < 1.29 is 14.5 Å². The molecule has 0 bridgehead atoms. The Labute approximate surface area is 106 Å². The van der Waals surface area contributed by atoms with Crippen molar-refractivity contribution in [2.75, 3.05) is 13.7 Å². The molecule has 0 radical (unpaired) electrons. The summed E-state index contributed by atoms with van der Waals surface area (Å²) in [6.07, 6.45) is 0. The Morgan fingerprint density at radius 2 is 2.17 bits per heavy atom. The lowest BCUT2D eigenvalue weighted by molar-refractivity contribution is -0.384. The van der Waals surface area contributed by atoms with Gasteiger partial charge in [0, 0.05) is 24.2 Å². The van der Waals surface area contributed by atoms with Crippen LogP contribution in [0.5, 0.6) is 5.75 Å². The summed E-state index contributed by atoms with van der Waals surface area (Å²) in [6.45, 7) is 5.01. The first-order valence-electron chi connectivity index (χ1n) is 5.70. The number of hydrogen-bond acceptors (Lipinski definition) is 5. The van der Waals surface area contributed by atoms with E-state index in [1.165, 1.54) is 19.2 Å². The van der Waals surface area contributed by atoms with E-state index >= 15 is 0 Å². The quantitative estimate of drug-likeness (QED) is 0.459. The van der Waals surface area contributed by atoms with Gasteiger partial charge in [0.1, 0.15) is 5.75 Å². The Balaban J connectivity index is 2.66.